The van der Waals surface area contributed by atoms with Crippen molar-refractivity contribution in [3.63, 3.8) is 0 Å². The van der Waals surface area contributed by atoms with Crippen molar-refractivity contribution in [2.24, 2.45) is 0 Å². The van der Waals surface area contributed by atoms with Crippen molar-refractivity contribution in [1.82, 2.24) is 15.4 Å². The molecule has 0 aliphatic rings. The lowest BCUT2D eigenvalue weighted by atomic mass is 10.2. The summed E-state index contributed by atoms with van der Waals surface area (Å²) in [6, 6.07) is 13.0. The number of hydrogen-bond acceptors (Lipinski definition) is 4. The van der Waals surface area contributed by atoms with Gasteiger partial charge in [-0.3, -0.25) is 0 Å². The smallest absolute Gasteiger partial charge is 0.224 e. The average Bonchev–Trinajstić information content (AvgIpc) is 2.49. The van der Waals surface area contributed by atoms with Crippen molar-refractivity contribution < 1.29 is 0 Å². The third-order valence-corrected chi connectivity index (χ3v) is 3.83. The van der Waals surface area contributed by atoms with Gasteiger partial charge in [0.2, 0.25) is 5.28 Å². The molecule has 0 saturated heterocycles. The number of para-hydroxylation sites is 1. The lowest BCUT2D eigenvalue weighted by Gasteiger charge is -2.11. The Morgan fingerprint density at radius 2 is 1.77 bits per heavy atom. The van der Waals surface area contributed by atoms with Gasteiger partial charge in [0.25, 0.3) is 0 Å². The first-order chi connectivity index (χ1) is 10.6. The quantitative estimate of drug-likeness (QED) is 0.527. The molecule has 4 nitrogen and oxygen atoms in total. The zero-order valence-electron chi connectivity index (χ0n) is 11.3. The lowest BCUT2D eigenvalue weighted by molar-refractivity contribution is 0.796. The molecule has 0 spiro atoms. The van der Waals surface area contributed by atoms with Crippen LogP contribution >= 0.6 is 34.8 Å². The molecule has 1 heterocycles. The van der Waals surface area contributed by atoms with Crippen molar-refractivity contribution in [2.75, 3.05) is 5.43 Å². The van der Waals surface area contributed by atoms with E-state index in [0.717, 1.165) is 16.5 Å². The van der Waals surface area contributed by atoms with Crippen LogP contribution in [0, 0.1) is 0 Å². The average molecular weight is 354 g/mol. The number of hydrogen-bond donors (Lipinski definition) is 2. The van der Waals surface area contributed by atoms with Gasteiger partial charge in [-0.2, -0.15) is 4.98 Å². The minimum Gasteiger partial charge on any atom is -0.305 e. The van der Waals surface area contributed by atoms with Crippen LogP contribution in [0.5, 0.6) is 0 Å². The van der Waals surface area contributed by atoms with Crippen molar-refractivity contribution in [2.45, 2.75) is 6.54 Å². The first-order valence-corrected chi connectivity index (χ1v) is 7.62. The first-order valence-electron chi connectivity index (χ1n) is 6.48. The Morgan fingerprint density at radius 3 is 2.59 bits per heavy atom. The minimum atomic E-state index is 0.188. The summed E-state index contributed by atoms with van der Waals surface area (Å²) in [6.07, 6.45) is 0. The van der Waals surface area contributed by atoms with Gasteiger partial charge in [-0.1, -0.05) is 41.4 Å². The van der Waals surface area contributed by atoms with Crippen LogP contribution in [0.4, 0.5) is 5.82 Å². The molecule has 2 aromatic carbocycles. The van der Waals surface area contributed by atoms with E-state index in [1.54, 1.807) is 12.1 Å². The van der Waals surface area contributed by atoms with Gasteiger partial charge in [0.1, 0.15) is 0 Å². The number of nitrogens with one attached hydrogen (secondary N) is 2. The fraction of sp³-hybridized carbons (Fsp3) is 0.0667. The highest BCUT2D eigenvalue weighted by atomic mass is 35.5. The van der Waals surface area contributed by atoms with E-state index >= 15 is 0 Å². The second-order valence-corrected chi connectivity index (χ2v) is 5.75. The minimum absolute atomic E-state index is 0.188. The molecule has 2 N–H and O–H groups in total. The van der Waals surface area contributed by atoms with Crippen molar-refractivity contribution in [3.05, 3.63) is 63.4 Å². The standard InChI is InChI=1S/C15H11Cl3N4/c16-10-6-5-9(12(17)7-10)8-19-22-14-11-3-1-2-4-13(11)20-15(18)21-14/h1-7,19H,8H2,(H,20,21,22). The number of aromatic nitrogens is 2. The molecule has 0 fully saturated rings. The van der Waals surface area contributed by atoms with E-state index in [2.05, 4.69) is 20.8 Å². The zero-order valence-corrected chi connectivity index (χ0v) is 13.5. The summed E-state index contributed by atoms with van der Waals surface area (Å²) in [5.41, 5.74) is 7.81. The molecule has 3 rings (SSSR count). The third kappa shape index (κ3) is 3.42. The summed E-state index contributed by atoms with van der Waals surface area (Å²) >= 11 is 17.9. The maximum absolute atomic E-state index is 6.13. The molecule has 0 aliphatic heterocycles. The molecule has 3 aromatic rings. The largest absolute Gasteiger partial charge is 0.305 e. The van der Waals surface area contributed by atoms with Crippen LogP contribution in [0.15, 0.2) is 42.5 Å². The van der Waals surface area contributed by atoms with Crippen molar-refractivity contribution >= 4 is 51.5 Å². The van der Waals surface area contributed by atoms with Gasteiger partial charge < -0.3 is 5.43 Å². The van der Waals surface area contributed by atoms with E-state index in [9.17, 15) is 0 Å². The Morgan fingerprint density at radius 1 is 0.955 bits per heavy atom. The second kappa shape index (κ2) is 6.67. The maximum Gasteiger partial charge on any atom is 0.224 e. The topological polar surface area (TPSA) is 49.8 Å². The molecule has 7 heteroatoms. The van der Waals surface area contributed by atoms with E-state index in [1.807, 2.05) is 30.3 Å². The predicted molar refractivity (Wildman–Crippen MR) is 91.5 cm³/mol. The molecule has 0 amide bonds. The van der Waals surface area contributed by atoms with Crippen molar-refractivity contribution in [1.29, 1.82) is 0 Å². The normalized spacial score (nSPS) is 10.9. The molecule has 0 atom stereocenters. The van der Waals surface area contributed by atoms with Crippen molar-refractivity contribution in [3.8, 4) is 0 Å². The number of nitrogens with zero attached hydrogens (tertiary/aromatic N) is 2. The first kappa shape index (κ1) is 15.3. The Balaban J connectivity index is 1.77. The summed E-state index contributed by atoms with van der Waals surface area (Å²) in [4.78, 5) is 8.37. The predicted octanol–water partition coefficient (Wildman–Crippen LogP) is 4.71. The number of hydrazine groups is 1. The Kier molecular flexibility index (Phi) is 4.64. The van der Waals surface area contributed by atoms with Crippen LogP contribution in [-0.4, -0.2) is 9.97 Å². The SMILES string of the molecule is Clc1ccc(CNNc2nc(Cl)nc3ccccc23)c(Cl)c1. The molecule has 22 heavy (non-hydrogen) atoms. The summed E-state index contributed by atoms with van der Waals surface area (Å²) in [7, 11) is 0. The molecule has 0 saturated carbocycles. The van der Waals surface area contributed by atoms with E-state index in [0.29, 0.717) is 22.4 Å². The highest BCUT2D eigenvalue weighted by Gasteiger charge is 2.06. The third-order valence-electron chi connectivity index (χ3n) is 3.08. The monoisotopic (exact) mass is 352 g/mol. The van der Waals surface area contributed by atoms with Crippen LogP contribution in [0.2, 0.25) is 15.3 Å². The highest BCUT2D eigenvalue weighted by molar-refractivity contribution is 6.35. The number of halogens is 3. The highest BCUT2D eigenvalue weighted by Crippen LogP contribution is 2.22. The Bertz CT molecular complexity index is 823. The summed E-state index contributed by atoms with van der Waals surface area (Å²) in [5, 5.41) is 2.27. The Hall–Kier alpha value is -1.59. The van der Waals surface area contributed by atoms with Crippen LogP contribution < -0.4 is 10.9 Å². The lowest BCUT2D eigenvalue weighted by Crippen LogP contribution is -2.22. The summed E-state index contributed by atoms with van der Waals surface area (Å²) in [6.45, 7) is 0.506. The molecule has 0 aliphatic carbocycles. The van der Waals surface area contributed by atoms with E-state index in [-0.39, 0.29) is 5.28 Å². The fourth-order valence-electron chi connectivity index (χ4n) is 2.03. The molecule has 112 valence electrons. The number of fused-ring (bicyclic) bond motifs is 1. The number of rotatable bonds is 4. The molecule has 0 unspecified atom stereocenters. The van der Waals surface area contributed by atoms with Crippen LogP contribution in [0.3, 0.4) is 0 Å². The summed E-state index contributed by atoms with van der Waals surface area (Å²) in [5.74, 6) is 0.612. The van der Waals surface area contributed by atoms with Gasteiger partial charge in [0.05, 0.1) is 5.52 Å². The molecular weight excluding hydrogens is 343 g/mol. The van der Waals surface area contributed by atoms with Crippen LogP contribution in [-0.2, 0) is 6.54 Å². The number of benzene rings is 2. The van der Waals surface area contributed by atoms with Crippen LogP contribution in [0.25, 0.3) is 10.9 Å². The molecule has 0 bridgehead atoms. The molecule has 0 radical (unpaired) electrons. The van der Waals surface area contributed by atoms with E-state index in [4.69, 9.17) is 34.8 Å². The zero-order chi connectivity index (χ0) is 15.5. The second-order valence-electron chi connectivity index (χ2n) is 4.57. The molecular formula is C15H11Cl3N4. The van der Waals surface area contributed by atoms with Gasteiger partial charge in [-0.25, -0.2) is 10.4 Å². The van der Waals surface area contributed by atoms with Gasteiger partial charge in [0, 0.05) is 22.0 Å². The maximum atomic E-state index is 6.13. The van der Waals surface area contributed by atoms with Gasteiger partial charge in [-0.15, -0.1) is 0 Å². The number of anilines is 1. The molecule has 1 aromatic heterocycles. The van der Waals surface area contributed by atoms with E-state index < -0.39 is 0 Å². The van der Waals surface area contributed by atoms with Gasteiger partial charge >= 0.3 is 0 Å². The summed E-state index contributed by atoms with van der Waals surface area (Å²) < 4.78 is 0. The van der Waals surface area contributed by atoms with Gasteiger partial charge in [-0.05, 0) is 41.4 Å². The van der Waals surface area contributed by atoms with Crippen LogP contribution in [0.1, 0.15) is 5.56 Å². The van der Waals surface area contributed by atoms with Gasteiger partial charge in [0.15, 0.2) is 5.82 Å². The fourth-order valence-corrected chi connectivity index (χ4v) is 2.68. The van der Waals surface area contributed by atoms with E-state index in [1.165, 1.54) is 0 Å². The Labute approximate surface area is 142 Å².